The molecule has 0 heterocycles. The Hall–Kier alpha value is -1.67. The molecule has 0 radical (unpaired) electrons. The van der Waals surface area contributed by atoms with Crippen LogP contribution in [0.25, 0.3) is 0 Å². The minimum Gasteiger partial charge on any atom is -0.324 e. The second kappa shape index (κ2) is 5.98. The lowest BCUT2D eigenvalue weighted by Crippen LogP contribution is -2.15. The fraction of sp³-hybridized carbons (Fsp3) is 0.294. The number of hydrogen-bond acceptors (Lipinski definition) is 1. The first-order valence-corrected chi connectivity index (χ1v) is 6.69. The molecule has 0 aliphatic carbocycles. The van der Waals surface area contributed by atoms with Gasteiger partial charge in [0.25, 0.3) is 0 Å². The Morgan fingerprint density at radius 3 is 2.32 bits per heavy atom. The van der Waals surface area contributed by atoms with Crippen molar-refractivity contribution in [2.45, 2.75) is 32.7 Å². The molecular formula is C17H20FN. The van der Waals surface area contributed by atoms with Crippen molar-refractivity contribution >= 4 is 0 Å². The van der Waals surface area contributed by atoms with E-state index in [4.69, 9.17) is 5.73 Å². The van der Waals surface area contributed by atoms with E-state index in [0.717, 1.165) is 24.0 Å². The summed E-state index contributed by atoms with van der Waals surface area (Å²) in [5, 5.41) is 0. The van der Waals surface area contributed by atoms with Gasteiger partial charge in [-0.2, -0.15) is 0 Å². The number of nitrogens with two attached hydrogens (primary N) is 1. The lowest BCUT2D eigenvalue weighted by atomic mass is 9.95. The van der Waals surface area contributed by atoms with Crippen LogP contribution in [-0.2, 0) is 12.8 Å². The van der Waals surface area contributed by atoms with Gasteiger partial charge in [-0.1, -0.05) is 37.3 Å². The molecule has 2 N–H and O–H groups in total. The summed E-state index contributed by atoms with van der Waals surface area (Å²) in [7, 11) is 0. The van der Waals surface area contributed by atoms with E-state index in [2.05, 4.69) is 31.2 Å². The number of halogens is 1. The van der Waals surface area contributed by atoms with E-state index in [1.165, 1.54) is 17.2 Å². The molecule has 1 unspecified atom stereocenters. The molecule has 19 heavy (non-hydrogen) atoms. The summed E-state index contributed by atoms with van der Waals surface area (Å²) in [4.78, 5) is 0. The molecule has 1 nitrogen and oxygen atoms in total. The molecule has 0 amide bonds. The van der Waals surface area contributed by atoms with Gasteiger partial charge in [-0.15, -0.1) is 0 Å². The van der Waals surface area contributed by atoms with E-state index in [1.807, 2.05) is 6.92 Å². The van der Waals surface area contributed by atoms with Crippen LogP contribution in [0.5, 0.6) is 0 Å². The van der Waals surface area contributed by atoms with Gasteiger partial charge in [0.05, 0.1) is 0 Å². The second-order valence-corrected chi connectivity index (χ2v) is 4.98. The van der Waals surface area contributed by atoms with Gasteiger partial charge in [-0.3, -0.25) is 0 Å². The molecule has 0 aromatic heterocycles. The van der Waals surface area contributed by atoms with Crippen molar-refractivity contribution in [1.82, 2.24) is 0 Å². The van der Waals surface area contributed by atoms with Crippen LogP contribution >= 0.6 is 0 Å². The maximum atomic E-state index is 13.3. The Morgan fingerprint density at radius 1 is 1.05 bits per heavy atom. The zero-order valence-corrected chi connectivity index (χ0v) is 11.5. The van der Waals surface area contributed by atoms with E-state index in [9.17, 15) is 4.39 Å². The van der Waals surface area contributed by atoms with Crippen molar-refractivity contribution in [3.8, 4) is 0 Å². The standard InChI is InChI=1S/C17H20FN/c1-3-13-5-7-14(8-6-13)10-17(19)16-11-15(18)9-4-12(16)2/h4-9,11,17H,3,10,19H2,1-2H3. The number of rotatable bonds is 4. The molecule has 2 aromatic rings. The highest BCUT2D eigenvalue weighted by Gasteiger charge is 2.11. The van der Waals surface area contributed by atoms with Gasteiger partial charge >= 0.3 is 0 Å². The Labute approximate surface area is 114 Å². The van der Waals surface area contributed by atoms with Gasteiger partial charge in [-0.05, 0) is 54.2 Å². The molecule has 2 heteroatoms. The van der Waals surface area contributed by atoms with Crippen LogP contribution in [0.3, 0.4) is 0 Å². The molecule has 100 valence electrons. The highest BCUT2D eigenvalue weighted by atomic mass is 19.1. The first kappa shape index (κ1) is 13.8. The van der Waals surface area contributed by atoms with Crippen LogP contribution in [0.15, 0.2) is 42.5 Å². The molecule has 0 saturated carbocycles. The summed E-state index contributed by atoms with van der Waals surface area (Å²) >= 11 is 0. The third-order valence-electron chi connectivity index (χ3n) is 3.53. The van der Waals surface area contributed by atoms with Gasteiger partial charge in [0.2, 0.25) is 0 Å². The van der Waals surface area contributed by atoms with Crippen molar-refractivity contribution in [2.24, 2.45) is 5.73 Å². The lowest BCUT2D eigenvalue weighted by Gasteiger charge is -2.15. The minimum atomic E-state index is -0.225. The zero-order chi connectivity index (χ0) is 13.8. The van der Waals surface area contributed by atoms with Gasteiger partial charge in [-0.25, -0.2) is 4.39 Å². The molecule has 2 aromatic carbocycles. The van der Waals surface area contributed by atoms with E-state index < -0.39 is 0 Å². The Balaban J connectivity index is 2.15. The summed E-state index contributed by atoms with van der Waals surface area (Å²) in [5.41, 5.74) is 10.6. The monoisotopic (exact) mass is 257 g/mol. The van der Waals surface area contributed by atoms with E-state index in [-0.39, 0.29) is 11.9 Å². The van der Waals surface area contributed by atoms with E-state index in [1.54, 1.807) is 12.1 Å². The molecule has 1 atom stereocenters. The first-order valence-electron chi connectivity index (χ1n) is 6.69. The van der Waals surface area contributed by atoms with E-state index >= 15 is 0 Å². The molecule has 0 saturated heterocycles. The summed E-state index contributed by atoms with van der Waals surface area (Å²) in [5.74, 6) is -0.225. The fourth-order valence-corrected chi connectivity index (χ4v) is 2.29. The molecule has 0 fully saturated rings. The maximum Gasteiger partial charge on any atom is 0.123 e. The second-order valence-electron chi connectivity index (χ2n) is 4.98. The van der Waals surface area contributed by atoms with Crippen molar-refractivity contribution in [1.29, 1.82) is 0 Å². The van der Waals surface area contributed by atoms with Crippen LogP contribution in [0.1, 0.15) is 35.2 Å². The largest absolute Gasteiger partial charge is 0.324 e. The van der Waals surface area contributed by atoms with Crippen LogP contribution in [0.4, 0.5) is 4.39 Å². The van der Waals surface area contributed by atoms with Gasteiger partial charge in [0, 0.05) is 6.04 Å². The van der Waals surface area contributed by atoms with Gasteiger partial charge < -0.3 is 5.73 Å². The topological polar surface area (TPSA) is 26.0 Å². The normalized spacial score (nSPS) is 12.4. The van der Waals surface area contributed by atoms with Gasteiger partial charge in [0.1, 0.15) is 5.82 Å². The van der Waals surface area contributed by atoms with Crippen LogP contribution in [-0.4, -0.2) is 0 Å². The van der Waals surface area contributed by atoms with Crippen molar-refractivity contribution in [3.05, 3.63) is 70.5 Å². The Kier molecular flexibility index (Phi) is 4.33. The van der Waals surface area contributed by atoms with Crippen LogP contribution in [0, 0.1) is 12.7 Å². The summed E-state index contributed by atoms with van der Waals surface area (Å²) in [6.07, 6.45) is 1.77. The lowest BCUT2D eigenvalue weighted by molar-refractivity contribution is 0.617. The number of hydrogen-bond donors (Lipinski definition) is 1. The third-order valence-corrected chi connectivity index (χ3v) is 3.53. The summed E-state index contributed by atoms with van der Waals surface area (Å²) < 4.78 is 13.3. The predicted octanol–water partition coefficient (Wildman–Crippen LogP) is 3.94. The molecule has 2 rings (SSSR count). The highest BCUT2D eigenvalue weighted by molar-refractivity contribution is 5.31. The average molecular weight is 257 g/mol. The molecular weight excluding hydrogens is 237 g/mol. The molecule has 0 aliphatic rings. The number of aryl methyl sites for hydroxylation is 2. The van der Waals surface area contributed by atoms with Crippen molar-refractivity contribution in [3.63, 3.8) is 0 Å². The van der Waals surface area contributed by atoms with Crippen LogP contribution in [0.2, 0.25) is 0 Å². The van der Waals surface area contributed by atoms with Gasteiger partial charge in [0.15, 0.2) is 0 Å². The maximum absolute atomic E-state index is 13.3. The summed E-state index contributed by atoms with van der Waals surface area (Å²) in [6, 6.07) is 13.1. The first-order chi connectivity index (χ1) is 9.10. The molecule has 0 spiro atoms. The Bertz CT molecular complexity index is 546. The average Bonchev–Trinajstić information content (AvgIpc) is 2.42. The third kappa shape index (κ3) is 3.42. The highest BCUT2D eigenvalue weighted by Crippen LogP contribution is 2.21. The zero-order valence-electron chi connectivity index (χ0n) is 11.5. The molecule has 0 bridgehead atoms. The van der Waals surface area contributed by atoms with E-state index in [0.29, 0.717) is 0 Å². The smallest absolute Gasteiger partial charge is 0.123 e. The van der Waals surface area contributed by atoms with Crippen LogP contribution < -0.4 is 5.73 Å². The summed E-state index contributed by atoms with van der Waals surface area (Å²) in [6.45, 7) is 4.10. The van der Waals surface area contributed by atoms with Crippen molar-refractivity contribution < 1.29 is 4.39 Å². The number of benzene rings is 2. The fourth-order valence-electron chi connectivity index (χ4n) is 2.29. The Morgan fingerprint density at radius 2 is 1.68 bits per heavy atom. The quantitative estimate of drug-likeness (QED) is 0.882. The SMILES string of the molecule is CCc1ccc(CC(N)c2cc(F)ccc2C)cc1. The predicted molar refractivity (Wildman–Crippen MR) is 77.6 cm³/mol. The van der Waals surface area contributed by atoms with Crippen molar-refractivity contribution in [2.75, 3.05) is 0 Å². The minimum absolute atomic E-state index is 0.164. The molecule has 0 aliphatic heterocycles.